The lowest BCUT2D eigenvalue weighted by Gasteiger charge is -2.09. The SMILES string of the molecule is O=C(NCCCn1ccnc1)C(=O)Nc1cc(-c2cc3ccccc3s2)c2[nH]ncc2c1. The number of benzene rings is 2. The third-order valence-corrected chi connectivity index (χ3v) is 6.29. The second-order valence-corrected chi connectivity index (χ2v) is 8.45. The Balaban J connectivity index is 1.31. The third-order valence-electron chi connectivity index (χ3n) is 5.14. The summed E-state index contributed by atoms with van der Waals surface area (Å²) in [6, 6.07) is 14.0. The topological polar surface area (TPSA) is 105 Å². The van der Waals surface area contributed by atoms with Crippen molar-refractivity contribution in [2.24, 2.45) is 0 Å². The first-order chi connectivity index (χ1) is 15.7. The first-order valence-corrected chi connectivity index (χ1v) is 11.0. The number of fused-ring (bicyclic) bond motifs is 2. The molecule has 5 aromatic rings. The standard InChI is InChI=1S/C23H20N6O2S/c30-22(25-6-3-8-29-9-7-24-14-29)23(31)27-17-10-16-13-26-28-21(16)18(12-17)20-11-15-4-1-2-5-19(15)32-20/h1-2,4-5,7,9-14H,3,6,8H2,(H,25,30)(H,26,28)(H,27,31). The number of imidazole rings is 1. The van der Waals surface area contributed by atoms with E-state index in [1.807, 2.05) is 29.0 Å². The molecule has 0 bridgehead atoms. The van der Waals surface area contributed by atoms with Gasteiger partial charge in [-0.1, -0.05) is 18.2 Å². The molecule has 0 saturated heterocycles. The zero-order valence-corrected chi connectivity index (χ0v) is 17.9. The maximum atomic E-state index is 12.4. The maximum absolute atomic E-state index is 12.4. The minimum Gasteiger partial charge on any atom is -0.348 e. The van der Waals surface area contributed by atoms with Crippen molar-refractivity contribution in [3.8, 4) is 10.4 Å². The number of H-pyrrole nitrogens is 1. The lowest BCUT2D eigenvalue weighted by molar-refractivity contribution is -0.136. The molecular formula is C23H20N6O2S. The minimum absolute atomic E-state index is 0.401. The molecule has 9 heteroatoms. The van der Waals surface area contributed by atoms with Crippen molar-refractivity contribution in [3.63, 3.8) is 0 Å². The molecule has 0 aliphatic heterocycles. The van der Waals surface area contributed by atoms with Gasteiger partial charge in [0.1, 0.15) is 0 Å². The molecule has 32 heavy (non-hydrogen) atoms. The van der Waals surface area contributed by atoms with Gasteiger partial charge in [-0.2, -0.15) is 5.10 Å². The number of rotatable bonds is 6. The number of hydrogen-bond donors (Lipinski definition) is 3. The summed E-state index contributed by atoms with van der Waals surface area (Å²) in [5, 5.41) is 14.6. The van der Waals surface area contributed by atoms with Gasteiger partial charge in [-0.25, -0.2) is 4.98 Å². The van der Waals surface area contributed by atoms with E-state index < -0.39 is 11.8 Å². The summed E-state index contributed by atoms with van der Waals surface area (Å²) in [6.45, 7) is 1.12. The number of carbonyl (C=O) groups excluding carboxylic acids is 2. The first-order valence-electron chi connectivity index (χ1n) is 10.2. The second-order valence-electron chi connectivity index (χ2n) is 7.37. The largest absolute Gasteiger partial charge is 0.348 e. The number of hydrogen-bond acceptors (Lipinski definition) is 5. The number of anilines is 1. The van der Waals surface area contributed by atoms with E-state index in [9.17, 15) is 9.59 Å². The average Bonchev–Trinajstić information content (AvgIpc) is 3.56. The van der Waals surface area contributed by atoms with Gasteiger partial charge in [0, 0.05) is 51.7 Å². The first kappa shape index (κ1) is 20.0. The highest BCUT2D eigenvalue weighted by molar-refractivity contribution is 7.22. The van der Waals surface area contributed by atoms with Gasteiger partial charge >= 0.3 is 11.8 Å². The second kappa shape index (κ2) is 8.64. The average molecular weight is 445 g/mol. The number of thiophene rings is 1. The normalized spacial score (nSPS) is 11.1. The Hall–Kier alpha value is -3.98. The fourth-order valence-electron chi connectivity index (χ4n) is 3.59. The fourth-order valence-corrected chi connectivity index (χ4v) is 4.67. The summed E-state index contributed by atoms with van der Waals surface area (Å²) in [4.78, 5) is 29.7. The summed E-state index contributed by atoms with van der Waals surface area (Å²) >= 11 is 1.67. The molecule has 0 saturated carbocycles. The molecule has 0 fully saturated rings. The van der Waals surface area contributed by atoms with Crippen LogP contribution in [0, 0.1) is 0 Å². The van der Waals surface area contributed by atoms with E-state index in [1.165, 1.54) is 4.70 Å². The number of carbonyl (C=O) groups is 2. The quantitative estimate of drug-likeness (QED) is 0.274. The van der Waals surface area contributed by atoms with Crippen LogP contribution in [0.4, 0.5) is 5.69 Å². The molecule has 0 atom stereocenters. The molecule has 3 heterocycles. The smallest absolute Gasteiger partial charge is 0.313 e. The van der Waals surface area contributed by atoms with Gasteiger partial charge in [0.2, 0.25) is 0 Å². The highest BCUT2D eigenvalue weighted by Gasteiger charge is 2.16. The monoisotopic (exact) mass is 444 g/mol. The summed E-state index contributed by atoms with van der Waals surface area (Å²) in [6.07, 6.45) is 7.68. The van der Waals surface area contributed by atoms with E-state index in [0.717, 1.165) is 33.3 Å². The molecule has 3 N–H and O–H groups in total. The van der Waals surface area contributed by atoms with Crippen molar-refractivity contribution >= 4 is 49.8 Å². The summed E-state index contributed by atoms with van der Waals surface area (Å²) < 4.78 is 3.10. The van der Waals surface area contributed by atoms with E-state index in [-0.39, 0.29) is 0 Å². The highest BCUT2D eigenvalue weighted by Crippen LogP contribution is 2.38. The van der Waals surface area contributed by atoms with Gasteiger partial charge in [0.25, 0.3) is 0 Å². The van der Waals surface area contributed by atoms with Crippen LogP contribution in [0.15, 0.2) is 67.4 Å². The van der Waals surface area contributed by atoms with E-state index >= 15 is 0 Å². The van der Waals surface area contributed by atoms with Gasteiger partial charge in [-0.3, -0.25) is 14.7 Å². The van der Waals surface area contributed by atoms with Crippen molar-refractivity contribution in [3.05, 3.63) is 67.4 Å². The van der Waals surface area contributed by atoms with Gasteiger partial charge < -0.3 is 15.2 Å². The minimum atomic E-state index is -0.697. The Bertz CT molecular complexity index is 1370. The lowest BCUT2D eigenvalue weighted by atomic mass is 10.1. The molecule has 8 nitrogen and oxygen atoms in total. The molecular weight excluding hydrogens is 424 g/mol. The van der Waals surface area contributed by atoms with E-state index in [4.69, 9.17) is 0 Å². The van der Waals surface area contributed by atoms with Crippen molar-refractivity contribution in [2.75, 3.05) is 11.9 Å². The zero-order chi connectivity index (χ0) is 21.9. The number of aromatic amines is 1. The van der Waals surface area contributed by atoms with E-state index in [2.05, 4.69) is 44.0 Å². The highest BCUT2D eigenvalue weighted by atomic mass is 32.1. The molecule has 5 rings (SSSR count). The number of aryl methyl sites for hydroxylation is 1. The number of nitrogens with one attached hydrogen (secondary N) is 3. The van der Waals surface area contributed by atoms with E-state index in [0.29, 0.717) is 18.7 Å². The summed E-state index contributed by atoms with van der Waals surface area (Å²) in [5.41, 5.74) is 2.36. The van der Waals surface area contributed by atoms with Gasteiger partial charge in [-0.15, -0.1) is 11.3 Å². The van der Waals surface area contributed by atoms with Crippen LogP contribution in [0.5, 0.6) is 0 Å². The van der Waals surface area contributed by atoms with Crippen LogP contribution in [-0.2, 0) is 16.1 Å². The Morgan fingerprint density at radius 1 is 1.09 bits per heavy atom. The van der Waals surface area contributed by atoms with Crippen LogP contribution in [0.25, 0.3) is 31.4 Å². The Labute approximate surface area is 187 Å². The van der Waals surface area contributed by atoms with Crippen molar-refractivity contribution < 1.29 is 9.59 Å². The van der Waals surface area contributed by atoms with Crippen molar-refractivity contribution in [2.45, 2.75) is 13.0 Å². The zero-order valence-electron chi connectivity index (χ0n) is 17.0. The van der Waals surface area contributed by atoms with Crippen LogP contribution in [0.1, 0.15) is 6.42 Å². The molecule has 0 unspecified atom stereocenters. The van der Waals surface area contributed by atoms with Crippen LogP contribution in [0.3, 0.4) is 0 Å². The predicted octanol–water partition coefficient (Wildman–Crippen LogP) is 3.79. The number of aromatic nitrogens is 4. The molecule has 0 aliphatic carbocycles. The Morgan fingerprint density at radius 2 is 2.00 bits per heavy atom. The van der Waals surface area contributed by atoms with Gasteiger partial charge in [-0.05, 0) is 36.1 Å². The molecule has 0 radical (unpaired) electrons. The summed E-state index contributed by atoms with van der Waals surface area (Å²) in [5.74, 6) is -1.36. The van der Waals surface area contributed by atoms with Crippen molar-refractivity contribution in [1.29, 1.82) is 0 Å². The Kier molecular flexibility index (Phi) is 5.39. The third kappa shape index (κ3) is 4.10. The van der Waals surface area contributed by atoms with Gasteiger partial charge in [0.05, 0.1) is 18.0 Å². The maximum Gasteiger partial charge on any atom is 0.313 e. The molecule has 2 aromatic carbocycles. The fraction of sp³-hybridized carbons (Fsp3) is 0.130. The van der Waals surface area contributed by atoms with Gasteiger partial charge in [0.15, 0.2) is 0 Å². The predicted molar refractivity (Wildman–Crippen MR) is 125 cm³/mol. The molecule has 160 valence electrons. The molecule has 2 amide bonds. The van der Waals surface area contributed by atoms with Crippen LogP contribution in [0.2, 0.25) is 0 Å². The Morgan fingerprint density at radius 3 is 2.84 bits per heavy atom. The lowest BCUT2D eigenvalue weighted by Crippen LogP contribution is -2.36. The van der Waals surface area contributed by atoms with Crippen LogP contribution >= 0.6 is 11.3 Å². The van der Waals surface area contributed by atoms with Crippen LogP contribution in [-0.4, -0.2) is 38.1 Å². The van der Waals surface area contributed by atoms with E-state index in [1.54, 1.807) is 36.1 Å². The van der Waals surface area contributed by atoms with Crippen molar-refractivity contribution in [1.82, 2.24) is 25.1 Å². The number of amides is 2. The molecule has 3 aromatic heterocycles. The number of nitrogens with zero attached hydrogens (tertiary/aromatic N) is 3. The molecule has 0 spiro atoms. The molecule has 0 aliphatic rings. The van der Waals surface area contributed by atoms with Crippen LogP contribution < -0.4 is 10.6 Å². The summed E-state index contributed by atoms with van der Waals surface area (Å²) in [7, 11) is 0.